The molecular weight excluding hydrogens is 206 g/mol. The van der Waals surface area contributed by atoms with Crippen molar-refractivity contribution < 1.29 is 19.4 Å². The van der Waals surface area contributed by atoms with Crippen LogP contribution in [-0.2, 0) is 9.53 Å². The van der Waals surface area contributed by atoms with Gasteiger partial charge < -0.3 is 15.2 Å². The highest BCUT2D eigenvalue weighted by Crippen LogP contribution is 2.24. The van der Waals surface area contributed by atoms with Crippen molar-refractivity contribution in [3.63, 3.8) is 0 Å². The van der Waals surface area contributed by atoms with E-state index in [0.717, 1.165) is 0 Å². The normalized spacial score (nSPS) is 25.8. The highest BCUT2D eigenvalue weighted by molar-refractivity contribution is 7.99. The molecule has 0 aliphatic carbocycles. The number of ether oxygens (including phenoxy) is 1. The van der Waals surface area contributed by atoms with E-state index in [0.29, 0.717) is 18.1 Å². The summed E-state index contributed by atoms with van der Waals surface area (Å²) in [6, 6.07) is -0.309. The molecule has 0 radical (unpaired) electrons. The van der Waals surface area contributed by atoms with Crippen LogP contribution < -0.4 is 5.32 Å². The van der Waals surface area contributed by atoms with Gasteiger partial charge in [-0.05, 0) is 6.92 Å². The van der Waals surface area contributed by atoms with Gasteiger partial charge in [-0.15, -0.1) is 0 Å². The van der Waals surface area contributed by atoms with Gasteiger partial charge >= 0.3 is 12.1 Å². The molecule has 0 aromatic rings. The Labute approximate surface area is 86.2 Å². The summed E-state index contributed by atoms with van der Waals surface area (Å²) in [5, 5.41) is 11.4. The largest absolute Gasteiger partial charge is 0.481 e. The fourth-order valence-electron chi connectivity index (χ4n) is 1.26. The molecule has 6 heteroatoms. The van der Waals surface area contributed by atoms with E-state index in [1.807, 2.05) is 0 Å². The van der Waals surface area contributed by atoms with Crippen molar-refractivity contribution in [2.45, 2.75) is 13.0 Å². The highest BCUT2D eigenvalue weighted by atomic mass is 32.2. The van der Waals surface area contributed by atoms with Crippen LogP contribution >= 0.6 is 11.8 Å². The zero-order valence-electron chi connectivity index (χ0n) is 7.86. The first-order valence-corrected chi connectivity index (χ1v) is 5.54. The van der Waals surface area contributed by atoms with E-state index in [4.69, 9.17) is 5.11 Å². The third-order valence-corrected chi connectivity index (χ3v) is 3.17. The van der Waals surface area contributed by atoms with Gasteiger partial charge in [0.15, 0.2) is 0 Å². The van der Waals surface area contributed by atoms with Gasteiger partial charge in [-0.3, -0.25) is 4.79 Å². The molecule has 1 saturated heterocycles. The minimum Gasteiger partial charge on any atom is -0.481 e. The maximum atomic E-state index is 11.0. The van der Waals surface area contributed by atoms with Crippen LogP contribution in [0.2, 0.25) is 0 Å². The molecule has 0 aromatic carbocycles. The number of aliphatic carboxylic acids is 1. The minimum absolute atomic E-state index is 0.295. The van der Waals surface area contributed by atoms with Gasteiger partial charge in [0, 0.05) is 11.5 Å². The number of carboxylic acids is 1. The number of amides is 1. The number of nitrogens with one attached hydrogen (secondary N) is 1. The Hall–Kier alpha value is -0.910. The fourth-order valence-corrected chi connectivity index (χ4v) is 2.60. The van der Waals surface area contributed by atoms with Gasteiger partial charge in [0.2, 0.25) is 0 Å². The maximum absolute atomic E-state index is 11.0. The van der Waals surface area contributed by atoms with Crippen LogP contribution in [0.1, 0.15) is 6.92 Å². The lowest BCUT2D eigenvalue weighted by atomic mass is 10.1. The molecule has 1 fully saturated rings. The van der Waals surface area contributed by atoms with Gasteiger partial charge in [-0.25, -0.2) is 4.79 Å². The molecule has 0 saturated carbocycles. The van der Waals surface area contributed by atoms with Crippen LogP contribution in [0.4, 0.5) is 4.79 Å². The van der Waals surface area contributed by atoms with E-state index < -0.39 is 18.0 Å². The molecule has 1 aliphatic rings. The smallest absolute Gasteiger partial charge is 0.407 e. The van der Waals surface area contributed by atoms with E-state index in [1.54, 1.807) is 6.92 Å². The summed E-state index contributed by atoms with van der Waals surface area (Å²) in [6.45, 7) is 2.00. The Morgan fingerprint density at radius 3 is 2.86 bits per heavy atom. The summed E-state index contributed by atoms with van der Waals surface area (Å²) in [7, 11) is 0. The van der Waals surface area contributed by atoms with Crippen molar-refractivity contribution in [2.75, 3.05) is 18.1 Å². The van der Waals surface area contributed by atoms with Crippen LogP contribution in [-0.4, -0.2) is 41.3 Å². The Balaban J connectivity index is 2.43. The van der Waals surface area contributed by atoms with Crippen molar-refractivity contribution in [3.05, 3.63) is 0 Å². The summed E-state index contributed by atoms with van der Waals surface area (Å²) in [4.78, 5) is 21.8. The summed E-state index contributed by atoms with van der Waals surface area (Å²) >= 11 is 1.53. The average molecular weight is 219 g/mol. The number of thioether (sulfide) groups is 1. The van der Waals surface area contributed by atoms with Crippen LogP contribution in [0.5, 0.6) is 0 Å². The number of rotatable bonds is 3. The quantitative estimate of drug-likeness (QED) is 0.725. The highest BCUT2D eigenvalue weighted by Gasteiger charge is 2.34. The zero-order valence-corrected chi connectivity index (χ0v) is 8.67. The van der Waals surface area contributed by atoms with E-state index in [1.165, 1.54) is 11.8 Å². The molecular formula is C8H13NO4S. The summed E-state index contributed by atoms with van der Waals surface area (Å²) < 4.78 is 4.68. The number of hydrogen-bond donors (Lipinski definition) is 2. The molecule has 1 amide bonds. The monoisotopic (exact) mass is 219 g/mol. The van der Waals surface area contributed by atoms with Gasteiger partial charge in [0.1, 0.15) is 0 Å². The lowest BCUT2D eigenvalue weighted by Gasteiger charge is -2.15. The minimum atomic E-state index is -0.864. The number of carbonyl (C=O) groups excluding carboxylic acids is 1. The maximum Gasteiger partial charge on any atom is 0.407 e. The fraction of sp³-hybridized carbons (Fsp3) is 0.750. The molecule has 0 unspecified atom stereocenters. The molecule has 2 atom stereocenters. The second-order valence-corrected chi connectivity index (χ2v) is 4.03. The summed E-state index contributed by atoms with van der Waals surface area (Å²) in [5.41, 5.74) is 0. The second-order valence-electron chi connectivity index (χ2n) is 2.95. The topological polar surface area (TPSA) is 75.6 Å². The standard InChI is InChI=1S/C8H13NO4S/c1-2-13-8(12)9-6-4-14-3-5(6)7(10)11/h5-6H,2-4H2,1H3,(H,9,12)(H,10,11)/t5-,6-/m0/s1. The third kappa shape index (κ3) is 2.80. The predicted molar refractivity (Wildman–Crippen MR) is 52.4 cm³/mol. The van der Waals surface area contributed by atoms with Gasteiger partial charge in [-0.1, -0.05) is 0 Å². The van der Waals surface area contributed by atoms with E-state index in [-0.39, 0.29) is 6.04 Å². The molecule has 0 spiro atoms. The Morgan fingerprint density at radius 2 is 2.29 bits per heavy atom. The number of alkyl carbamates (subject to hydrolysis) is 1. The molecule has 14 heavy (non-hydrogen) atoms. The molecule has 1 aliphatic heterocycles. The van der Waals surface area contributed by atoms with E-state index in [2.05, 4.69) is 10.1 Å². The molecule has 2 N–H and O–H groups in total. The second kappa shape index (κ2) is 5.09. The Bertz CT molecular complexity index is 233. The Morgan fingerprint density at radius 1 is 1.57 bits per heavy atom. The van der Waals surface area contributed by atoms with Crippen molar-refractivity contribution in [1.29, 1.82) is 0 Å². The molecule has 5 nitrogen and oxygen atoms in total. The van der Waals surface area contributed by atoms with Crippen LogP contribution in [0.3, 0.4) is 0 Å². The number of hydrogen-bond acceptors (Lipinski definition) is 4. The van der Waals surface area contributed by atoms with Crippen molar-refractivity contribution in [2.24, 2.45) is 5.92 Å². The van der Waals surface area contributed by atoms with E-state index in [9.17, 15) is 9.59 Å². The van der Waals surface area contributed by atoms with E-state index >= 15 is 0 Å². The van der Waals surface area contributed by atoms with Crippen LogP contribution in [0, 0.1) is 5.92 Å². The van der Waals surface area contributed by atoms with Crippen molar-refractivity contribution in [3.8, 4) is 0 Å². The Kier molecular flexibility index (Phi) is 4.06. The first-order chi connectivity index (χ1) is 6.65. The van der Waals surface area contributed by atoms with Gasteiger partial charge in [0.05, 0.1) is 18.6 Å². The lowest BCUT2D eigenvalue weighted by Crippen LogP contribution is -2.42. The summed E-state index contributed by atoms with van der Waals surface area (Å²) in [5.74, 6) is -0.177. The number of carboxylic acid groups (broad SMARTS) is 1. The SMILES string of the molecule is CCOC(=O)N[C@H]1CSC[C@@H]1C(=O)O. The predicted octanol–water partition coefficient (Wildman–Crippen LogP) is 0.549. The molecule has 0 aromatic heterocycles. The molecule has 1 rings (SSSR count). The first kappa shape index (κ1) is 11.2. The lowest BCUT2D eigenvalue weighted by molar-refractivity contribution is -0.141. The zero-order chi connectivity index (χ0) is 10.6. The van der Waals surface area contributed by atoms with Gasteiger partial charge in [0.25, 0.3) is 0 Å². The van der Waals surface area contributed by atoms with Crippen LogP contribution in [0.25, 0.3) is 0 Å². The average Bonchev–Trinajstić information content (AvgIpc) is 2.52. The molecule has 0 bridgehead atoms. The van der Waals surface area contributed by atoms with Crippen LogP contribution in [0.15, 0.2) is 0 Å². The third-order valence-electron chi connectivity index (χ3n) is 1.98. The first-order valence-electron chi connectivity index (χ1n) is 4.39. The van der Waals surface area contributed by atoms with Gasteiger partial charge in [-0.2, -0.15) is 11.8 Å². The molecule has 1 heterocycles. The van der Waals surface area contributed by atoms with Crippen molar-refractivity contribution >= 4 is 23.8 Å². The number of carbonyl (C=O) groups is 2. The summed E-state index contributed by atoms with van der Waals surface area (Å²) in [6.07, 6.45) is -0.536. The van der Waals surface area contributed by atoms with Crippen molar-refractivity contribution in [1.82, 2.24) is 5.32 Å². The molecule has 80 valence electrons.